The van der Waals surface area contributed by atoms with E-state index in [1.807, 2.05) is 0 Å². The number of amides is 1. The number of ether oxygens (including phenoxy) is 1. The Morgan fingerprint density at radius 3 is 2.46 bits per heavy atom. The zero-order chi connectivity index (χ0) is 19.3. The second-order valence-corrected chi connectivity index (χ2v) is 4.87. The molecule has 0 radical (unpaired) electrons. The maximum atomic E-state index is 12.2. The standard InChI is InChI=1S/C15H14N4O7/c1-2-26-15(25)8-5-3-4-6-9(8)16-10(20)7-19-12(14(23)24)11(13(21)22)17-18-19/h3-6H,2,7H2,1H3,(H,16,20)(H,21,22)(H,23,24). The SMILES string of the molecule is CCOC(=O)c1ccccc1NC(=O)Cn1nnc(C(=O)O)c1C(=O)O. The number of benzene rings is 1. The molecule has 1 amide bonds. The van der Waals surface area contributed by atoms with Gasteiger partial charge in [0.1, 0.15) is 6.54 Å². The van der Waals surface area contributed by atoms with Gasteiger partial charge in [0.15, 0.2) is 5.69 Å². The number of hydrogen-bond donors (Lipinski definition) is 3. The molecule has 136 valence electrons. The highest BCUT2D eigenvalue weighted by atomic mass is 16.5. The number of hydrogen-bond acceptors (Lipinski definition) is 7. The number of carboxylic acids is 2. The molecule has 2 aromatic rings. The normalized spacial score (nSPS) is 10.2. The fraction of sp³-hybridized carbons (Fsp3) is 0.200. The molecular weight excluding hydrogens is 348 g/mol. The van der Waals surface area contributed by atoms with Crippen molar-refractivity contribution >= 4 is 29.5 Å². The summed E-state index contributed by atoms with van der Waals surface area (Å²) in [4.78, 5) is 46.2. The number of carbonyl (C=O) groups is 4. The van der Waals surface area contributed by atoms with Gasteiger partial charge in [0.2, 0.25) is 11.6 Å². The minimum Gasteiger partial charge on any atom is -0.476 e. The zero-order valence-corrected chi connectivity index (χ0v) is 13.5. The van der Waals surface area contributed by atoms with Crippen molar-refractivity contribution in [2.45, 2.75) is 13.5 Å². The lowest BCUT2D eigenvalue weighted by atomic mass is 10.2. The third-order valence-corrected chi connectivity index (χ3v) is 3.13. The van der Waals surface area contributed by atoms with E-state index in [0.717, 1.165) is 0 Å². The molecule has 0 atom stereocenters. The van der Waals surface area contributed by atoms with Gasteiger partial charge in [-0.05, 0) is 19.1 Å². The van der Waals surface area contributed by atoms with Crippen molar-refractivity contribution in [3.63, 3.8) is 0 Å². The predicted molar refractivity (Wildman–Crippen MR) is 85.0 cm³/mol. The molecule has 0 bridgehead atoms. The van der Waals surface area contributed by atoms with Crippen LogP contribution in [-0.2, 0) is 16.1 Å². The average molecular weight is 362 g/mol. The first-order chi connectivity index (χ1) is 12.3. The summed E-state index contributed by atoms with van der Waals surface area (Å²) in [6.07, 6.45) is 0. The van der Waals surface area contributed by atoms with E-state index in [1.165, 1.54) is 12.1 Å². The number of anilines is 1. The van der Waals surface area contributed by atoms with Crippen LogP contribution in [0.1, 0.15) is 38.3 Å². The monoisotopic (exact) mass is 362 g/mol. The molecule has 1 heterocycles. The second kappa shape index (κ2) is 7.88. The van der Waals surface area contributed by atoms with E-state index in [4.69, 9.17) is 14.9 Å². The van der Waals surface area contributed by atoms with Gasteiger partial charge in [-0.25, -0.2) is 19.1 Å². The van der Waals surface area contributed by atoms with Gasteiger partial charge in [0, 0.05) is 0 Å². The average Bonchev–Trinajstić information content (AvgIpc) is 2.99. The van der Waals surface area contributed by atoms with Gasteiger partial charge in [-0.1, -0.05) is 17.3 Å². The summed E-state index contributed by atoms with van der Waals surface area (Å²) < 4.78 is 5.53. The highest BCUT2D eigenvalue weighted by Crippen LogP contribution is 2.16. The maximum Gasteiger partial charge on any atom is 0.359 e. The Morgan fingerprint density at radius 2 is 1.85 bits per heavy atom. The van der Waals surface area contributed by atoms with Crippen LogP contribution in [0.4, 0.5) is 5.69 Å². The summed E-state index contributed by atoms with van der Waals surface area (Å²) in [5.41, 5.74) is -1.24. The van der Waals surface area contributed by atoms with Crippen LogP contribution in [0, 0.1) is 0 Å². The molecule has 0 spiro atoms. The van der Waals surface area contributed by atoms with Gasteiger partial charge in [0.25, 0.3) is 0 Å². The summed E-state index contributed by atoms with van der Waals surface area (Å²) in [6, 6.07) is 6.08. The van der Waals surface area contributed by atoms with Crippen molar-refractivity contribution in [3.8, 4) is 0 Å². The minimum atomic E-state index is -1.59. The van der Waals surface area contributed by atoms with Crippen LogP contribution in [0.25, 0.3) is 0 Å². The van der Waals surface area contributed by atoms with Crippen LogP contribution < -0.4 is 5.32 Å². The Bertz CT molecular complexity index is 875. The number of carbonyl (C=O) groups excluding carboxylic acids is 2. The number of carboxylic acid groups (broad SMARTS) is 2. The first-order valence-electron chi connectivity index (χ1n) is 7.31. The summed E-state index contributed by atoms with van der Waals surface area (Å²) in [7, 11) is 0. The molecule has 0 aliphatic carbocycles. The highest BCUT2D eigenvalue weighted by Gasteiger charge is 2.26. The number of aromatic nitrogens is 3. The number of esters is 1. The van der Waals surface area contributed by atoms with E-state index in [2.05, 4.69) is 15.6 Å². The van der Waals surface area contributed by atoms with E-state index in [1.54, 1.807) is 19.1 Å². The van der Waals surface area contributed by atoms with Gasteiger partial charge in [-0.3, -0.25) is 4.79 Å². The molecule has 0 aliphatic rings. The summed E-state index contributed by atoms with van der Waals surface area (Å²) in [6.45, 7) is 1.18. The van der Waals surface area contributed by atoms with Crippen LogP contribution >= 0.6 is 0 Å². The minimum absolute atomic E-state index is 0.117. The van der Waals surface area contributed by atoms with E-state index in [9.17, 15) is 19.2 Å². The number of nitrogens with zero attached hydrogens (tertiary/aromatic N) is 3. The van der Waals surface area contributed by atoms with Gasteiger partial charge in [-0.2, -0.15) is 0 Å². The number of rotatable bonds is 7. The molecule has 1 aromatic carbocycles. The molecule has 0 aliphatic heterocycles. The topological polar surface area (TPSA) is 161 Å². The van der Waals surface area contributed by atoms with Crippen LogP contribution in [-0.4, -0.2) is 55.6 Å². The summed E-state index contributed by atoms with van der Waals surface area (Å²) in [5, 5.41) is 27.1. The van der Waals surface area contributed by atoms with E-state index in [0.29, 0.717) is 4.68 Å². The first-order valence-corrected chi connectivity index (χ1v) is 7.31. The molecule has 0 saturated carbocycles. The second-order valence-electron chi connectivity index (χ2n) is 4.87. The van der Waals surface area contributed by atoms with Crippen LogP contribution in [0.2, 0.25) is 0 Å². The number of para-hydroxylation sites is 1. The fourth-order valence-electron chi connectivity index (χ4n) is 2.08. The number of nitrogens with one attached hydrogen (secondary N) is 1. The lowest BCUT2D eigenvalue weighted by molar-refractivity contribution is -0.116. The van der Waals surface area contributed by atoms with E-state index in [-0.39, 0.29) is 17.9 Å². The van der Waals surface area contributed by atoms with E-state index < -0.39 is 41.7 Å². The molecule has 0 saturated heterocycles. The smallest absolute Gasteiger partial charge is 0.359 e. The van der Waals surface area contributed by atoms with Gasteiger partial charge in [0.05, 0.1) is 17.9 Å². The lowest BCUT2D eigenvalue weighted by Crippen LogP contribution is -2.24. The van der Waals surface area contributed by atoms with Crippen LogP contribution in [0.3, 0.4) is 0 Å². The van der Waals surface area contributed by atoms with Crippen molar-refractivity contribution < 1.29 is 34.1 Å². The van der Waals surface area contributed by atoms with Crippen molar-refractivity contribution in [3.05, 3.63) is 41.2 Å². The number of aromatic carboxylic acids is 2. The van der Waals surface area contributed by atoms with Crippen molar-refractivity contribution in [2.24, 2.45) is 0 Å². The summed E-state index contributed by atoms with van der Waals surface area (Å²) in [5.74, 6) is -4.54. The Morgan fingerprint density at radius 1 is 1.15 bits per heavy atom. The molecule has 11 heteroatoms. The molecule has 26 heavy (non-hydrogen) atoms. The molecule has 11 nitrogen and oxygen atoms in total. The van der Waals surface area contributed by atoms with Gasteiger partial charge in [-0.15, -0.1) is 5.10 Å². The van der Waals surface area contributed by atoms with Crippen molar-refractivity contribution in [2.75, 3.05) is 11.9 Å². The molecule has 1 aromatic heterocycles. The highest BCUT2D eigenvalue weighted by molar-refractivity contribution is 6.02. The molecule has 0 fully saturated rings. The Hall–Kier alpha value is -3.76. The third kappa shape index (κ3) is 4.01. The largest absolute Gasteiger partial charge is 0.476 e. The molecule has 2 rings (SSSR count). The van der Waals surface area contributed by atoms with Crippen molar-refractivity contribution in [1.29, 1.82) is 0 Å². The Balaban J connectivity index is 2.22. The molecule has 3 N–H and O–H groups in total. The maximum absolute atomic E-state index is 12.2. The van der Waals surface area contributed by atoms with Crippen molar-refractivity contribution in [1.82, 2.24) is 15.0 Å². The molecule has 0 unspecified atom stereocenters. The van der Waals surface area contributed by atoms with Crippen LogP contribution in [0.5, 0.6) is 0 Å². The Labute approximate surface area is 146 Å². The Kier molecular flexibility index (Phi) is 5.63. The zero-order valence-electron chi connectivity index (χ0n) is 13.5. The molecular formula is C15H14N4O7. The fourth-order valence-corrected chi connectivity index (χ4v) is 2.08. The van der Waals surface area contributed by atoms with Gasteiger partial charge >= 0.3 is 17.9 Å². The lowest BCUT2D eigenvalue weighted by Gasteiger charge is -2.10. The third-order valence-electron chi connectivity index (χ3n) is 3.13. The predicted octanol–water partition coefficient (Wildman–Crippen LogP) is 0.490. The van der Waals surface area contributed by atoms with E-state index >= 15 is 0 Å². The summed E-state index contributed by atoms with van der Waals surface area (Å²) >= 11 is 0. The first kappa shape index (κ1) is 18.6. The quantitative estimate of drug-likeness (QED) is 0.595. The van der Waals surface area contributed by atoms with Crippen LogP contribution in [0.15, 0.2) is 24.3 Å². The van der Waals surface area contributed by atoms with Gasteiger partial charge < -0.3 is 20.3 Å².